The van der Waals surface area contributed by atoms with Crippen molar-refractivity contribution < 1.29 is 19.1 Å². The SMILES string of the molecule is CCOc1ccc(NC(=O)CCN2C(=O)CCC2=O)cc1. The van der Waals surface area contributed by atoms with Crippen molar-refractivity contribution in [2.24, 2.45) is 0 Å². The molecule has 1 N–H and O–H groups in total. The molecule has 1 fully saturated rings. The molecule has 2 rings (SSSR count). The molecular weight excluding hydrogens is 272 g/mol. The van der Waals surface area contributed by atoms with Crippen molar-refractivity contribution in [3.63, 3.8) is 0 Å². The molecule has 0 radical (unpaired) electrons. The van der Waals surface area contributed by atoms with Crippen LogP contribution in [0.1, 0.15) is 26.2 Å². The standard InChI is InChI=1S/C15H18N2O4/c1-2-21-12-5-3-11(4-6-12)16-13(18)9-10-17-14(19)7-8-15(17)20/h3-6H,2,7-10H2,1H3,(H,16,18). The van der Waals surface area contributed by atoms with Gasteiger partial charge in [-0.3, -0.25) is 19.3 Å². The summed E-state index contributed by atoms with van der Waals surface area (Å²) in [4.78, 5) is 35.8. The quantitative estimate of drug-likeness (QED) is 0.807. The van der Waals surface area contributed by atoms with E-state index in [4.69, 9.17) is 4.74 Å². The molecule has 1 saturated heterocycles. The highest BCUT2D eigenvalue weighted by molar-refractivity contribution is 6.02. The molecule has 112 valence electrons. The summed E-state index contributed by atoms with van der Waals surface area (Å²) in [5, 5.41) is 2.72. The first-order chi connectivity index (χ1) is 10.1. The first kappa shape index (κ1) is 15.0. The number of rotatable bonds is 6. The van der Waals surface area contributed by atoms with Crippen molar-refractivity contribution in [3.05, 3.63) is 24.3 Å². The second kappa shape index (κ2) is 6.88. The predicted octanol–water partition coefficient (Wildman–Crippen LogP) is 1.56. The summed E-state index contributed by atoms with van der Waals surface area (Å²) in [6.45, 7) is 2.63. The Morgan fingerprint density at radius 1 is 1.19 bits per heavy atom. The Morgan fingerprint density at radius 3 is 2.38 bits per heavy atom. The number of carbonyl (C=O) groups is 3. The third-order valence-electron chi connectivity index (χ3n) is 3.17. The van der Waals surface area contributed by atoms with Gasteiger partial charge in [0, 0.05) is 31.5 Å². The summed E-state index contributed by atoms with van der Waals surface area (Å²) in [6.07, 6.45) is 0.601. The Balaban J connectivity index is 1.81. The molecule has 1 aliphatic rings. The Morgan fingerprint density at radius 2 is 1.81 bits per heavy atom. The van der Waals surface area contributed by atoms with Crippen LogP contribution in [0, 0.1) is 0 Å². The molecule has 0 unspecified atom stereocenters. The van der Waals surface area contributed by atoms with E-state index >= 15 is 0 Å². The molecule has 0 atom stereocenters. The molecule has 21 heavy (non-hydrogen) atoms. The maximum absolute atomic E-state index is 11.8. The number of benzene rings is 1. The fraction of sp³-hybridized carbons (Fsp3) is 0.400. The third-order valence-corrected chi connectivity index (χ3v) is 3.17. The minimum absolute atomic E-state index is 0.102. The number of amides is 3. The molecule has 6 heteroatoms. The Bertz CT molecular complexity index is 523. The van der Waals surface area contributed by atoms with Gasteiger partial charge in [-0.15, -0.1) is 0 Å². The molecule has 1 aliphatic heterocycles. The molecule has 0 aliphatic carbocycles. The lowest BCUT2D eigenvalue weighted by molar-refractivity contribution is -0.138. The number of imide groups is 1. The fourth-order valence-electron chi connectivity index (χ4n) is 2.11. The van der Waals surface area contributed by atoms with E-state index in [-0.39, 0.29) is 43.5 Å². The Hall–Kier alpha value is -2.37. The summed E-state index contributed by atoms with van der Waals surface area (Å²) >= 11 is 0. The average molecular weight is 290 g/mol. The van der Waals surface area contributed by atoms with E-state index in [1.807, 2.05) is 6.92 Å². The molecule has 1 aromatic rings. The van der Waals surface area contributed by atoms with E-state index in [1.54, 1.807) is 24.3 Å². The monoisotopic (exact) mass is 290 g/mol. The van der Waals surface area contributed by atoms with E-state index in [9.17, 15) is 14.4 Å². The number of anilines is 1. The molecule has 0 bridgehead atoms. The van der Waals surface area contributed by atoms with Crippen LogP contribution in [0.2, 0.25) is 0 Å². The largest absolute Gasteiger partial charge is 0.494 e. The van der Waals surface area contributed by atoms with Crippen LogP contribution in [0.15, 0.2) is 24.3 Å². The zero-order valence-corrected chi connectivity index (χ0v) is 11.9. The molecule has 3 amide bonds. The van der Waals surface area contributed by atoms with Gasteiger partial charge in [0.2, 0.25) is 17.7 Å². The van der Waals surface area contributed by atoms with E-state index in [0.717, 1.165) is 10.6 Å². The van der Waals surface area contributed by atoms with Crippen molar-refractivity contribution in [3.8, 4) is 5.75 Å². The number of likely N-dealkylation sites (tertiary alicyclic amines) is 1. The normalized spacial score (nSPS) is 14.4. The fourth-order valence-corrected chi connectivity index (χ4v) is 2.11. The second-order valence-electron chi connectivity index (χ2n) is 4.69. The van der Waals surface area contributed by atoms with Gasteiger partial charge in [-0.2, -0.15) is 0 Å². The van der Waals surface area contributed by atoms with Gasteiger partial charge in [0.1, 0.15) is 5.75 Å². The van der Waals surface area contributed by atoms with Crippen molar-refractivity contribution in [2.45, 2.75) is 26.2 Å². The van der Waals surface area contributed by atoms with Crippen LogP contribution in [-0.4, -0.2) is 35.8 Å². The topological polar surface area (TPSA) is 75.7 Å². The maximum atomic E-state index is 11.8. The number of nitrogens with zero attached hydrogens (tertiary/aromatic N) is 1. The molecule has 0 aromatic heterocycles. The summed E-state index contributed by atoms with van der Waals surface area (Å²) < 4.78 is 5.31. The number of ether oxygens (including phenoxy) is 1. The van der Waals surface area contributed by atoms with E-state index in [2.05, 4.69) is 5.32 Å². The van der Waals surface area contributed by atoms with E-state index in [0.29, 0.717) is 12.3 Å². The van der Waals surface area contributed by atoms with Crippen LogP contribution in [0.4, 0.5) is 5.69 Å². The van der Waals surface area contributed by atoms with Gasteiger partial charge in [-0.25, -0.2) is 0 Å². The number of hydrogen-bond donors (Lipinski definition) is 1. The average Bonchev–Trinajstić information content (AvgIpc) is 2.78. The second-order valence-corrected chi connectivity index (χ2v) is 4.69. The highest BCUT2D eigenvalue weighted by Crippen LogP contribution is 2.16. The van der Waals surface area contributed by atoms with Gasteiger partial charge in [0.25, 0.3) is 0 Å². The Kier molecular flexibility index (Phi) is 4.92. The van der Waals surface area contributed by atoms with Crippen LogP contribution in [0.5, 0.6) is 5.75 Å². The van der Waals surface area contributed by atoms with Crippen molar-refractivity contribution in [2.75, 3.05) is 18.5 Å². The van der Waals surface area contributed by atoms with Crippen LogP contribution >= 0.6 is 0 Å². The van der Waals surface area contributed by atoms with Gasteiger partial charge in [-0.05, 0) is 31.2 Å². The number of hydrogen-bond acceptors (Lipinski definition) is 4. The highest BCUT2D eigenvalue weighted by atomic mass is 16.5. The molecule has 1 aromatic carbocycles. The smallest absolute Gasteiger partial charge is 0.229 e. The van der Waals surface area contributed by atoms with Crippen LogP contribution in [0.3, 0.4) is 0 Å². The lowest BCUT2D eigenvalue weighted by Gasteiger charge is -2.13. The third kappa shape index (κ3) is 4.05. The van der Waals surface area contributed by atoms with Crippen molar-refractivity contribution >= 4 is 23.4 Å². The van der Waals surface area contributed by atoms with Gasteiger partial charge in [-0.1, -0.05) is 0 Å². The van der Waals surface area contributed by atoms with Crippen LogP contribution in [-0.2, 0) is 14.4 Å². The minimum atomic E-state index is -0.230. The van der Waals surface area contributed by atoms with Crippen LogP contribution in [0.25, 0.3) is 0 Å². The summed E-state index contributed by atoms with van der Waals surface area (Å²) in [5.41, 5.74) is 0.655. The molecule has 1 heterocycles. The van der Waals surface area contributed by atoms with Crippen molar-refractivity contribution in [1.29, 1.82) is 0 Å². The van der Waals surface area contributed by atoms with Gasteiger partial charge in [0.15, 0.2) is 0 Å². The first-order valence-electron chi connectivity index (χ1n) is 6.96. The van der Waals surface area contributed by atoms with Crippen molar-refractivity contribution in [1.82, 2.24) is 4.90 Å². The molecular formula is C15H18N2O4. The highest BCUT2D eigenvalue weighted by Gasteiger charge is 2.28. The van der Waals surface area contributed by atoms with Gasteiger partial charge in [0.05, 0.1) is 6.61 Å². The minimum Gasteiger partial charge on any atom is -0.494 e. The van der Waals surface area contributed by atoms with E-state index < -0.39 is 0 Å². The maximum Gasteiger partial charge on any atom is 0.229 e. The molecule has 0 spiro atoms. The summed E-state index contributed by atoms with van der Waals surface area (Å²) in [7, 11) is 0. The van der Waals surface area contributed by atoms with Crippen LogP contribution < -0.4 is 10.1 Å². The zero-order valence-electron chi connectivity index (χ0n) is 11.9. The summed E-state index contributed by atoms with van der Waals surface area (Å²) in [5.74, 6) is 0.109. The Labute approximate surface area is 123 Å². The number of nitrogens with one attached hydrogen (secondary N) is 1. The molecule has 6 nitrogen and oxygen atoms in total. The van der Waals surface area contributed by atoms with E-state index in [1.165, 1.54) is 0 Å². The number of carbonyl (C=O) groups excluding carboxylic acids is 3. The first-order valence-corrected chi connectivity index (χ1v) is 6.96. The molecule has 0 saturated carbocycles. The summed E-state index contributed by atoms with van der Waals surface area (Å²) in [6, 6.07) is 7.03. The lowest BCUT2D eigenvalue weighted by Crippen LogP contribution is -2.32. The van der Waals surface area contributed by atoms with Gasteiger partial charge >= 0.3 is 0 Å². The lowest BCUT2D eigenvalue weighted by atomic mass is 10.3. The van der Waals surface area contributed by atoms with Gasteiger partial charge < -0.3 is 10.1 Å². The zero-order chi connectivity index (χ0) is 15.2. The predicted molar refractivity (Wildman–Crippen MR) is 76.8 cm³/mol.